The predicted octanol–water partition coefficient (Wildman–Crippen LogP) is 2.98. The fourth-order valence-electron chi connectivity index (χ4n) is 1.06. The Labute approximate surface area is 80.3 Å². The summed E-state index contributed by atoms with van der Waals surface area (Å²) in [6.45, 7) is 1.84. The van der Waals surface area contributed by atoms with Crippen LogP contribution in [0.25, 0.3) is 11.5 Å². The quantitative estimate of drug-likeness (QED) is 0.695. The van der Waals surface area contributed by atoms with Gasteiger partial charge in [0.1, 0.15) is 12.0 Å². The summed E-state index contributed by atoms with van der Waals surface area (Å²) in [5.41, 5.74) is 1.61. The van der Waals surface area contributed by atoms with Crippen molar-refractivity contribution >= 4 is 11.6 Å². The van der Waals surface area contributed by atoms with Crippen LogP contribution < -0.4 is 0 Å². The predicted molar refractivity (Wildman–Crippen MR) is 48.5 cm³/mol. The summed E-state index contributed by atoms with van der Waals surface area (Å²) in [4.78, 5) is 4.21. The minimum absolute atomic E-state index is 0.368. The van der Waals surface area contributed by atoms with Crippen molar-refractivity contribution in [3.8, 4) is 11.5 Å². The molecule has 0 atom stereocenters. The molecule has 0 N–H and O–H groups in total. The monoisotopic (exact) mass is 197 g/mol. The van der Waals surface area contributed by atoms with Crippen LogP contribution in [0, 0.1) is 6.92 Å². The molecular formula is C9H8ClNO2. The number of oxazole rings is 1. The molecule has 13 heavy (non-hydrogen) atoms. The minimum atomic E-state index is 0.368. The molecule has 2 aromatic rings. The van der Waals surface area contributed by atoms with Gasteiger partial charge in [0.25, 0.3) is 0 Å². The molecule has 2 rings (SSSR count). The Kier molecular flexibility index (Phi) is 2.10. The molecule has 0 aliphatic heterocycles. The molecule has 0 aliphatic carbocycles. The number of halogens is 1. The fraction of sp³-hybridized carbons (Fsp3) is 0.222. The number of alkyl halides is 1. The molecule has 3 nitrogen and oxygen atoms in total. The van der Waals surface area contributed by atoms with Crippen molar-refractivity contribution in [3.63, 3.8) is 0 Å². The van der Waals surface area contributed by atoms with Gasteiger partial charge >= 0.3 is 0 Å². The molecule has 68 valence electrons. The first-order valence-electron chi connectivity index (χ1n) is 3.86. The van der Waals surface area contributed by atoms with Gasteiger partial charge in [0.05, 0.1) is 23.4 Å². The number of aryl methyl sites for hydroxylation is 1. The molecule has 2 aromatic heterocycles. The van der Waals surface area contributed by atoms with Crippen LogP contribution in [-0.4, -0.2) is 4.98 Å². The summed E-state index contributed by atoms with van der Waals surface area (Å²) in [6.07, 6.45) is 3.17. The highest BCUT2D eigenvalue weighted by Crippen LogP contribution is 2.22. The molecule has 0 radical (unpaired) electrons. The van der Waals surface area contributed by atoms with E-state index in [1.165, 1.54) is 0 Å². The first kappa shape index (κ1) is 8.38. The van der Waals surface area contributed by atoms with Gasteiger partial charge in [-0.25, -0.2) is 4.98 Å². The summed E-state index contributed by atoms with van der Waals surface area (Å²) < 4.78 is 10.3. The second kappa shape index (κ2) is 3.26. The van der Waals surface area contributed by atoms with Crippen molar-refractivity contribution < 1.29 is 8.83 Å². The third-order valence-corrected chi connectivity index (χ3v) is 2.04. The smallest absolute Gasteiger partial charge is 0.229 e. The van der Waals surface area contributed by atoms with Crippen molar-refractivity contribution in [2.24, 2.45) is 0 Å². The first-order valence-corrected chi connectivity index (χ1v) is 4.39. The lowest BCUT2D eigenvalue weighted by atomic mass is 10.3. The lowest BCUT2D eigenvalue weighted by Gasteiger charge is -1.83. The SMILES string of the molecule is Cc1oc(-c2ccoc2)nc1CCl. The van der Waals surface area contributed by atoms with E-state index in [1.54, 1.807) is 18.6 Å². The molecule has 0 amide bonds. The highest BCUT2D eigenvalue weighted by Gasteiger charge is 2.10. The van der Waals surface area contributed by atoms with Crippen molar-refractivity contribution in [1.29, 1.82) is 0 Å². The van der Waals surface area contributed by atoms with Gasteiger partial charge in [0.15, 0.2) is 0 Å². The van der Waals surface area contributed by atoms with Crippen LogP contribution in [0.15, 0.2) is 27.4 Å². The average Bonchev–Trinajstić information content (AvgIpc) is 2.71. The fourth-order valence-corrected chi connectivity index (χ4v) is 1.31. The molecule has 0 bridgehead atoms. The zero-order chi connectivity index (χ0) is 9.26. The normalized spacial score (nSPS) is 10.6. The van der Waals surface area contributed by atoms with Gasteiger partial charge in [-0.05, 0) is 13.0 Å². The Hall–Kier alpha value is -1.22. The Morgan fingerprint density at radius 1 is 1.54 bits per heavy atom. The number of nitrogens with zero attached hydrogens (tertiary/aromatic N) is 1. The third-order valence-electron chi connectivity index (χ3n) is 1.79. The third kappa shape index (κ3) is 1.47. The summed E-state index contributed by atoms with van der Waals surface area (Å²) >= 11 is 5.66. The molecule has 0 aromatic carbocycles. The van der Waals surface area contributed by atoms with Crippen LogP contribution in [0.1, 0.15) is 11.5 Å². The van der Waals surface area contributed by atoms with E-state index in [-0.39, 0.29) is 0 Å². The van der Waals surface area contributed by atoms with Crippen LogP contribution in [0.4, 0.5) is 0 Å². The van der Waals surface area contributed by atoms with E-state index in [1.807, 2.05) is 6.92 Å². The van der Waals surface area contributed by atoms with Crippen molar-refractivity contribution in [1.82, 2.24) is 4.98 Å². The van der Waals surface area contributed by atoms with Crippen LogP contribution in [0.3, 0.4) is 0 Å². The molecule has 0 unspecified atom stereocenters. The van der Waals surface area contributed by atoms with Gasteiger partial charge < -0.3 is 8.83 Å². The lowest BCUT2D eigenvalue weighted by Crippen LogP contribution is -1.79. The zero-order valence-corrected chi connectivity index (χ0v) is 7.84. The largest absolute Gasteiger partial charge is 0.472 e. The highest BCUT2D eigenvalue weighted by molar-refractivity contribution is 6.16. The maximum Gasteiger partial charge on any atom is 0.229 e. The summed E-state index contributed by atoms with van der Waals surface area (Å²) in [6, 6.07) is 1.79. The summed E-state index contributed by atoms with van der Waals surface area (Å²) in [7, 11) is 0. The van der Waals surface area contributed by atoms with Crippen molar-refractivity contribution in [2.45, 2.75) is 12.8 Å². The van der Waals surface area contributed by atoms with Gasteiger partial charge in [-0.15, -0.1) is 11.6 Å². The van der Waals surface area contributed by atoms with Crippen molar-refractivity contribution in [2.75, 3.05) is 0 Å². The molecular weight excluding hydrogens is 190 g/mol. The zero-order valence-electron chi connectivity index (χ0n) is 7.08. The Bertz CT molecular complexity index is 392. The Morgan fingerprint density at radius 3 is 2.92 bits per heavy atom. The molecule has 0 fully saturated rings. The van der Waals surface area contributed by atoms with Crippen LogP contribution >= 0.6 is 11.6 Å². The van der Waals surface area contributed by atoms with Crippen LogP contribution in [0.2, 0.25) is 0 Å². The minimum Gasteiger partial charge on any atom is -0.472 e. The maximum atomic E-state index is 5.66. The number of rotatable bonds is 2. The van der Waals surface area contributed by atoms with Gasteiger partial charge in [0, 0.05) is 0 Å². The van der Waals surface area contributed by atoms with Gasteiger partial charge in [-0.2, -0.15) is 0 Å². The van der Waals surface area contributed by atoms with E-state index in [4.69, 9.17) is 20.4 Å². The van der Waals surface area contributed by atoms with Gasteiger partial charge in [0.2, 0.25) is 5.89 Å². The number of hydrogen-bond donors (Lipinski definition) is 0. The number of hydrogen-bond acceptors (Lipinski definition) is 3. The second-order valence-electron chi connectivity index (χ2n) is 2.67. The van der Waals surface area contributed by atoms with E-state index in [9.17, 15) is 0 Å². The van der Waals surface area contributed by atoms with Crippen LogP contribution in [-0.2, 0) is 5.88 Å². The standard InChI is InChI=1S/C9H8ClNO2/c1-6-8(4-10)11-9(13-6)7-2-3-12-5-7/h2-3,5H,4H2,1H3. The Balaban J connectivity index is 2.43. The molecule has 2 heterocycles. The molecule has 0 saturated carbocycles. The second-order valence-corrected chi connectivity index (χ2v) is 2.93. The highest BCUT2D eigenvalue weighted by atomic mass is 35.5. The average molecular weight is 198 g/mol. The maximum absolute atomic E-state index is 5.66. The van der Waals surface area contributed by atoms with Gasteiger partial charge in [-0.1, -0.05) is 0 Å². The van der Waals surface area contributed by atoms with Crippen molar-refractivity contribution in [3.05, 3.63) is 30.0 Å². The summed E-state index contributed by atoms with van der Waals surface area (Å²) in [5, 5.41) is 0. The van der Waals surface area contributed by atoms with E-state index in [2.05, 4.69) is 4.98 Å². The van der Waals surface area contributed by atoms with Gasteiger partial charge in [-0.3, -0.25) is 0 Å². The molecule has 0 saturated heterocycles. The number of furan rings is 1. The lowest BCUT2D eigenvalue weighted by molar-refractivity contribution is 0.535. The summed E-state index contributed by atoms with van der Waals surface area (Å²) in [5.74, 6) is 1.68. The molecule has 4 heteroatoms. The molecule has 0 aliphatic rings. The van der Waals surface area contributed by atoms with E-state index in [0.29, 0.717) is 11.8 Å². The topological polar surface area (TPSA) is 39.2 Å². The van der Waals surface area contributed by atoms with E-state index in [0.717, 1.165) is 17.0 Å². The van der Waals surface area contributed by atoms with E-state index < -0.39 is 0 Å². The van der Waals surface area contributed by atoms with Crippen LogP contribution in [0.5, 0.6) is 0 Å². The molecule has 0 spiro atoms. The van der Waals surface area contributed by atoms with E-state index >= 15 is 0 Å². The first-order chi connectivity index (χ1) is 6.31. The number of aromatic nitrogens is 1. The Morgan fingerprint density at radius 2 is 2.38 bits per heavy atom.